The van der Waals surface area contributed by atoms with E-state index in [1.807, 2.05) is 60.7 Å². The van der Waals surface area contributed by atoms with Gasteiger partial charge in [0.05, 0.1) is 17.1 Å². The minimum atomic E-state index is -0.528. The van der Waals surface area contributed by atoms with Gasteiger partial charge in [0.25, 0.3) is 5.91 Å². The molecule has 0 spiro atoms. The zero-order valence-corrected chi connectivity index (χ0v) is 21.3. The molecule has 3 N–H and O–H groups in total. The van der Waals surface area contributed by atoms with Gasteiger partial charge in [0.15, 0.2) is 0 Å². The number of fused-ring (bicyclic) bond motifs is 3. The SMILES string of the molecule is CCOC1CCCNC1.NC(=O)c1ccc2ccc3cccnc3c2n1.[Cl-].[Pd+][c]1ccccc1. The second kappa shape index (κ2) is 14.8. The number of aromatic nitrogens is 2. The molecule has 1 aliphatic heterocycles. The first-order valence-electron chi connectivity index (χ1n) is 11.0. The van der Waals surface area contributed by atoms with Crippen LogP contribution in [0, 0.1) is 0 Å². The van der Waals surface area contributed by atoms with Crippen LogP contribution in [0.25, 0.3) is 21.8 Å². The third kappa shape index (κ3) is 8.43. The second-order valence-corrected chi connectivity index (χ2v) is 8.35. The zero-order chi connectivity index (χ0) is 23.5. The number of ether oxygens (including phenoxy) is 1. The molecule has 0 aliphatic carbocycles. The van der Waals surface area contributed by atoms with E-state index in [0.717, 1.165) is 29.4 Å². The van der Waals surface area contributed by atoms with Gasteiger partial charge < -0.3 is 28.2 Å². The number of primary amides is 1. The number of nitrogens with zero attached hydrogens (tertiary/aromatic N) is 2. The Hall–Kier alpha value is -2.40. The van der Waals surface area contributed by atoms with Crippen molar-refractivity contribution in [2.24, 2.45) is 5.73 Å². The van der Waals surface area contributed by atoms with Crippen LogP contribution in [0.5, 0.6) is 0 Å². The molecular weight excluding hydrogens is 542 g/mol. The number of carbonyl (C=O) groups excluding carboxylic acids is 1. The van der Waals surface area contributed by atoms with E-state index in [2.05, 4.69) is 41.4 Å². The molecule has 0 radical (unpaired) electrons. The van der Waals surface area contributed by atoms with Gasteiger partial charge >= 0.3 is 53.6 Å². The van der Waals surface area contributed by atoms with Crippen molar-refractivity contribution in [1.29, 1.82) is 0 Å². The summed E-state index contributed by atoms with van der Waals surface area (Å²) in [4.78, 5) is 19.7. The molecule has 1 amide bonds. The number of hydrogen-bond donors (Lipinski definition) is 2. The van der Waals surface area contributed by atoms with Crippen molar-refractivity contribution in [3.63, 3.8) is 0 Å². The van der Waals surface area contributed by atoms with Crippen LogP contribution in [0.15, 0.2) is 72.9 Å². The molecule has 182 valence electrons. The molecule has 8 heteroatoms. The van der Waals surface area contributed by atoms with Gasteiger partial charge in [0.2, 0.25) is 0 Å². The van der Waals surface area contributed by atoms with Crippen molar-refractivity contribution in [2.75, 3.05) is 19.7 Å². The van der Waals surface area contributed by atoms with E-state index < -0.39 is 5.91 Å². The van der Waals surface area contributed by atoms with E-state index >= 15 is 0 Å². The van der Waals surface area contributed by atoms with E-state index in [0.29, 0.717) is 11.6 Å². The van der Waals surface area contributed by atoms with Gasteiger partial charge in [-0.2, -0.15) is 0 Å². The molecule has 0 saturated carbocycles. The average Bonchev–Trinajstić information content (AvgIpc) is 2.86. The molecule has 5 rings (SSSR count). The van der Waals surface area contributed by atoms with Crippen molar-refractivity contribution in [3.8, 4) is 0 Å². The molecule has 1 atom stereocenters. The van der Waals surface area contributed by atoms with Crippen LogP contribution in [0.3, 0.4) is 0 Å². The summed E-state index contributed by atoms with van der Waals surface area (Å²) >= 11 is 3.07. The molecule has 6 nitrogen and oxygen atoms in total. The van der Waals surface area contributed by atoms with Crippen molar-refractivity contribution in [2.45, 2.75) is 25.9 Å². The molecule has 2 aromatic carbocycles. The summed E-state index contributed by atoms with van der Waals surface area (Å²) in [7, 11) is 0. The number of piperidine rings is 1. The third-order valence-corrected chi connectivity index (χ3v) is 5.57. The van der Waals surface area contributed by atoms with Crippen LogP contribution in [0.4, 0.5) is 0 Å². The number of hydrogen-bond acceptors (Lipinski definition) is 5. The third-order valence-electron chi connectivity index (χ3n) is 5.05. The average molecular weight is 571 g/mol. The summed E-state index contributed by atoms with van der Waals surface area (Å²) in [6, 6.07) is 21.2. The van der Waals surface area contributed by atoms with E-state index in [4.69, 9.17) is 10.5 Å². The van der Waals surface area contributed by atoms with E-state index in [1.54, 1.807) is 12.3 Å². The van der Waals surface area contributed by atoms with Crippen LogP contribution in [-0.4, -0.2) is 41.7 Å². The molecular formula is C26H29ClN4O2Pd. The number of carbonyl (C=O) groups is 1. The predicted octanol–water partition coefficient (Wildman–Crippen LogP) is 0.520. The Morgan fingerprint density at radius 1 is 1.06 bits per heavy atom. The van der Waals surface area contributed by atoms with Crippen LogP contribution in [-0.2, 0) is 23.9 Å². The van der Waals surface area contributed by atoms with Crippen molar-refractivity contribution in [1.82, 2.24) is 15.3 Å². The van der Waals surface area contributed by atoms with Crippen molar-refractivity contribution < 1.29 is 41.1 Å². The van der Waals surface area contributed by atoms with Gasteiger partial charge in [0.1, 0.15) is 5.69 Å². The normalized spacial score (nSPS) is 14.7. The number of rotatable bonds is 3. The Morgan fingerprint density at radius 3 is 2.35 bits per heavy atom. The van der Waals surface area contributed by atoms with Gasteiger partial charge in [-0.1, -0.05) is 24.3 Å². The first kappa shape index (κ1) is 27.8. The first-order chi connectivity index (χ1) is 16.1. The molecule has 4 aromatic rings. The first-order valence-corrected chi connectivity index (χ1v) is 11.8. The fourth-order valence-corrected chi connectivity index (χ4v) is 3.76. The number of nitrogens with two attached hydrogens (primary N) is 1. The van der Waals surface area contributed by atoms with E-state index in [9.17, 15) is 4.79 Å². The Bertz CT molecular complexity index is 1170. The van der Waals surface area contributed by atoms with Gasteiger partial charge in [0, 0.05) is 30.1 Å². The summed E-state index contributed by atoms with van der Waals surface area (Å²) in [6.45, 7) is 5.12. The Labute approximate surface area is 217 Å². The number of nitrogens with one attached hydrogen (secondary N) is 1. The Kier molecular flexibility index (Phi) is 12.1. The maximum absolute atomic E-state index is 11.1. The number of amides is 1. The zero-order valence-electron chi connectivity index (χ0n) is 19.0. The minimum absolute atomic E-state index is 0. The van der Waals surface area contributed by atoms with Crippen molar-refractivity contribution >= 4 is 31.7 Å². The van der Waals surface area contributed by atoms with E-state index in [-0.39, 0.29) is 18.1 Å². The summed E-state index contributed by atoms with van der Waals surface area (Å²) in [5.41, 5.74) is 6.98. The molecule has 1 aliphatic rings. The number of benzene rings is 2. The van der Waals surface area contributed by atoms with Gasteiger partial charge in [-0.05, 0) is 38.4 Å². The van der Waals surface area contributed by atoms with Gasteiger partial charge in [-0.3, -0.25) is 9.78 Å². The van der Waals surface area contributed by atoms with Crippen LogP contribution in [0.2, 0.25) is 0 Å². The standard InChI is InChI=1S/C13H9N3O.C7H15NO.C6H5.ClH.Pd/c14-13(17)10-6-5-9-4-3-8-2-1-7-15-11(8)12(9)16-10;1-2-9-7-4-3-5-8-6-7;1-2-4-6-5-3-1;;/h1-7H,(H2,14,17);7-8H,2-6H2,1H3;1-5H;1H;/q;;;;+1/p-1. The summed E-state index contributed by atoms with van der Waals surface area (Å²) in [5, 5.41) is 5.23. The molecule has 0 bridgehead atoms. The Morgan fingerprint density at radius 2 is 1.76 bits per heavy atom. The monoisotopic (exact) mass is 570 g/mol. The maximum atomic E-state index is 11.1. The summed E-state index contributed by atoms with van der Waals surface area (Å²) in [6.07, 6.45) is 4.70. The fraction of sp³-hybridized carbons (Fsp3) is 0.269. The van der Waals surface area contributed by atoms with Crippen molar-refractivity contribution in [3.05, 3.63) is 78.6 Å². The second-order valence-electron chi connectivity index (χ2n) is 7.46. The number of pyridine rings is 2. The topological polar surface area (TPSA) is 90.1 Å². The quantitative estimate of drug-likeness (QED) is 0.277. The molecule has 1 fully saturated rings. The molecule has 1 unspecified atom stereocenters. The van der Waals surface area contributed by atoms with Crippen LogP contribution < -0.4 is 27.5 Å². The summed E-state index contributed by atoms with van der Waals surface area (Å²) < 4.78 is 6.59. The fourth-order valence-electron chi connectivity index (χ4n) is 3.46. The molecule has 2 aromatic heterocycles. The van der Waals surface area contributed by atoms with Gasteiger partial charge in [-0.15, -0.1) is 0 Å². The summed E-state index contributed by atoms with van der Waals surface area (Å²) in [5.74, 6) is -0.528. The van der Waals surface area contributed by atoms with Crippen LogP contribution in [0.1, 0.15) is 30.3 Å². The Balaban J connectivity index is 0.000000203. The predicted molar refractivity (Wildman–Crippen MR) is 129 cm³/mol. The van der Waals surface area contributed by atoms with Gasteiger partial charge in [-0.25, -0.2) is 4.98 Å². The van der Waals surface area contributed by atoms with Crippen LogP contribution >= 0.6 is 0 Å². The molecule has 1 saturated heterocycles. The number of halogens is 1. The van der Waals surface area contributed by atoms with E-state index in [1.165, 1.54) is 23.4 Å². The molecule has 34 heavy (non-hydrogen) atoms. The molecule has 3 heterocycles.